The topological polar surface area (TPSA) is 31.6 Å². The molecule has 0 aliphatic heterocycles. The van der Waals surface area contributed by atoms with Gasteiger partial charge in [-0.3, -0.25) is 0 Å². The Balaban J connectivity index is 1.72. The second-order valence-electron chi connectivity index (χ2n) is 15.0. The van der Waals surface area contributed by atoms with Gasteiger partial charge in [-0.15, -0.1) is 18.5 Å². The largest absolute Gasteiger partial charge is 0.364 e. The van der Waals surface area contributed by atoms with Crippen LogP contribution >= 0.6 is 18.5 Å². The Kier molecular flexibility index (Phi) is 6.41. The first kappa shape index (κ1) is 26.8. The van der Waals surface area contributed by atoms with Gasteiger partial charge in [0.15, 0.2) is 0 Å². The normalized spacial score (nSPS) is 29.3. The van der Waals surface area contributed by atoms with Gasteiger partial charge in [0, 0.05) is 23.8 Å². The molecule has 0 spiro atoms. The summed E-state index contributed by atoms with van der Waals surface area (Å²) in [5.41, 5.74) is 9.00. The summed E-state index contributed by atoms with van der Waals surface area (Å²) in [6.45, 7) is 14.4. The molecule has 2 N–H and O–H groups in total. The average molecular weight is 547 g/mol. The lowest BCUT2D eigenvalue weighted by Crippen LogP contribution is -2.56. The van der Waals surface area contributed by atoms with E-state index in [-0.39, 0.29) is 21.4 Å². The van der Waals surface area contributed by atoms with Gasteiger partial charge >= 0.3 is 0 Å². The Morgan fingerprint density at radius 1 is 0.789 bits per heavy atom. The van der Waals surface area contributed by atoms with Gasteiger partial charge in [0.2, 0.25) is 0 Å². The van der Waals surface area contributed by atoms with Crippen molar-refractivity contribution >= 4 is 18.5 Å². The Morgan fingerprint density at radius 3 is 1.76 bits per heavy atom. The molecule has 2 aromatic heterocycles. The number of benzene rings is 1. The average Bonchev–Trinajstić information content (AvgIpc) is 3.56. The van der Waals surface area contributed by atoms with Crippen molar-refractivity contribution in [1.82, 2.24) is 9.97 Å². The Hall–Kier alpha value is -1.36. The summed E-state index contributed by atoms with van der Waals surface area (Å²) in [6.07, 6.45) is 12.5. The summed E-state index contributed by atoms with van der Waals surface area (Å²) in [4.78, 5) is 7.30. The zero-order chi connectivity index (χ0) is 27.1. The molecule has 4 saturated carbocycles. The monoisotopic (exact) mass is 546 g/mol. The van der Waals surface area contributed by atoms with E-state index in [9.17, 15) is 0 Å². The van der Waals surface area contributed by atoms with Crippen molar-refractivity contribution in [3.63, 3.8) is 0 Å². The fourth-order valence-electron chi connectivity index (χ4n) is 9.15. The van der Waals surface area contributed by atoms with Crippen molar-refractivity contribution < 1.29 is 0 Å². The van der Waals surface area contributed by atoms with Crippen molar-refractivity contribution in [1.29, 1.82) is 0 Å². The highest BCUT2D eigenvalue weighted by Crippen LogP contribution is 2.66. The molecule has 204 valence electrons. The lowest BCUT2D eigenvalue weighted by atomic mass is 9.43. The highest BCUT2D eigenvalue weighted by atomic mass is 31.0. The molecule has 38 heavy (non-hydrogen) atoms. The molecule has 4 fully saturated rings. The van der Waals surface area contributed by atoms with Crippen molar-refractivity contribution in [2.24, 2.45) is 23.7 Å². The first-order valence-electron chi connectivity index (χ1n) is 14.8. The Bertz CT molecular complexity index is 1240. The zero-order valence-corrected chi connectivity index (χ0v) is 26.6. The number of nitrogens with one attached hydrogen (secondary N) is 2. The molecule has 2 heterocycles. The Labute approximate surface area is 235 Å². The third-order valence-corrected chi connectivity index (χ3v) is 12.0. The smallest absolute Gasteiger partial charge is 0.0891 e. The van der Waals surface area contributed by atoms with E-state index in [1.165, 1.54) is 66.3 Å². The third-order valence-electron chi connectivity index (χ3n) is 10.6. The maximum absolute atomic E-state index is 3.65. The summed E-state index contributed by atoms with van der Waals surface area (Å²) in [7, 11) is 6.53. The van der Waals surface area contributed by atoms with Gasteiger partial charge < -0.3 is 9.97 Å². The molecular weight excluding hydrogens is 498 g/mol. The molecule has 4 bridgehead atoms. The van der Waals surface area contributed by atoms with E-state index in [0.29, 0.717) is 0 Å². The number of hydrogen-bond donors (Lipinski definition) is 2. The van der Waals surface area contributed by atoms with Gasteiger partial charge in [-0.1, -0.05) is 53.7 Å². The molecule has 0 radical (unpaired) electrons. The molecular formula is C34H48N2P2. The maximum Gasteiger partial charge on any atom is 0.0891 e. The van der Waals surface area contributed by atoms with Gasteiger partial charge in [0.05, 0.1) is 5.16 Å². The molecule has 0 saturated heterocycles. The van der Waals surface area contributed by atoms with Crippen molar-refractivity contribution in [3.05, 3.63) is 82.4 Å². The van der Waals surface area contributed by atoms with E-state index < -0.39 is 0 Å². The molecule has 5 atom stereocenters. The van der Waals surface area contributed by atoms with Crippen LogP contribution in [0, 0.1) is 23.7 Å². The number of H-pyrrole nitrogens is 2. The summed E-state index contributed by atoms with van der Waals surface area (Å²) < 4.78 is 0. The summed E-state index contributed by atoms with van der Waals surface area (Å²) in [5, 5.41) is -0.368. The van der Waals surface area contributed by atoms with Gasteiger partial charge in [-0.25, -0.2) is 0 Å². The molecule has 4 aliphatic carbocycles. The van der Waals surface area contributed by atoms with Crippen LogP contribution < -0.4 is 0 Å². The van der Waals surface area contributed by atoms with Crippen LogP contribution in [0.4, 0.5) is 0 Å². The SMILES string of the molecule is CC(C)(C)c1cc(C(P)(c2ccc[nH]2)c2ccc[nH]2)c(C23CC4CC(CC(C4)C2CP)C3)cc1C(C)(C)C. The number of rotatable bonds is 5. The van der Waals surface area contributed by atoms with Crippen LogP contribution in [0.1, 0.15) is 107 Å². The van der Waals surface area contributed by atoms with Gasteiger partial charge in [0.1, 0.15) is 0 Å². The molecule has 4 heteroatoms. The second kappa shape index (κ2) is 9.08. The summed E-state index contributed by atoms with van der Waals surface area (Å²) in [6, 6.07) is 14.2. The van der Waals surface area contributed by atoms with Gasteiger partial charge in [-0.2, -0.15) is 0 Å². The van der Waals surface area contributed by atoms with Crippen LogP contribution in [0.5, 0.6) is 0 Å². The molecule has 7 rings (SSSR count). The minimum Gasteiger partial charge on any atom is -0.364 e. The molecule has 3 aromatic rings. The predicted molar refractivity (Wildman–Crippen MR) is 168 cm³/mol. The first-order valence-corrected chi connectivity index (χ1v) is 16.2. The van der Waals surface area contributed by atoms with Crippen molar-refractivity contribution in [2.75, 3.05) is 6.16 Å². The molecule has 4 aliphatic rings. The molecule has 0 amide bonds. The van der Waals surface area contributed by atoms with Gasteiger partial charge in [0.25, 0.3) is 0 Å². The van der Waals surface area contributed by atoms with Crippen molar-refractivity contribution in [3.8, 4) is 0 Å². The molecule has 2 nitrogen and oxygen atoms in total. The minimum absolute atomic E-state index is 0.0500. The fraction of sp³-hybridized carbons (Fsp3) is 0.588. The van der Waals surface area contributed by atoms with Crippen LogP contribution in [-0.2, 0) is 21.4 Å². The van der Waals surface area contributed by atoms with Crippen LogP contribution in [0.3, 0.4) is 0 Å². The lowest BCUT2D eigenvalue weighted by Gasteiger charge is -2.62. The quantitative estimate of drug-likeness (QED) is 0.300. The Morgan fingerprint density at radius 2 is 1.32 bits per heavy atom. The zero-order valence-electron chi connectivity index (χ0n) is 24.3. The number of aromatic nitrogens is 2. The van der Waals surface area contributed by atoms with Gasteiger partial charge in [-0.05, 0) is 125 Å². The van der Waals surface area contributed by atoms with E-state index in [0.717, 1.165) is 23.7 Å². The van der Waals surface area contributed by atoms with E-state index in [2.05, 4.69) is 119 Å². The van der Waals surface area contributed by atoms with Crippen molar-refractivity contribution in [2.45, 2.75) is 95.0 Å². The van der Waals surface area contributed by atoms with Crippen LogP contribution in [0.2, 0.25) is 0 Å². The van der Waals surface area contributed by atoms with E-state index in [1.54, 1.807) is 5.56 Å². The summed E-state index contributed by atoms with van der Waals surface area (Å²) >= 11 is 0. The lowest BCUT2D eigenvalue weighted by molar-refractivity contribution is -0.0522. The van der Waals surface area contributed by atoms with Crippen LogP contribution in [-0.4, -0.2) is 16.1 Å². The van der Waals surface area contributed by atoms with E-state index in [1.807, 2.05) is 0 Å². The predicted octanol–water partition coefficient (Wildman–Crippen LogP) is 8.67. The van der Waals surface area contributed by atoms with Crippen LogP contribution in [0.25, 0.3) is 0 Å². The van der Waals surface area contributed by atoms with E-state index >= 15 is 0 Å². The van der Waals surface area contributed by atoms with Crippen LogP contribution in [0.15, 0.2) is 48.8 Å². The third kappa shape index (κ3) is 4.03. The molecule has 1 aromatic carbocycles. The highest BCUT2D eigenvalue weighted by Gasteiger charge is 2.58. The number of aromatic amines is 2. The van der Waals surface area contributed by atoms with E-state index in [4.69, 9.17) is 0 Å². The highest BCUT2D eigenvalue weighted by molar-refractivity contribution is 7.19. The molecule has 5 unspecified atom stereocenters. The standard InChI is InChI=1S/C34H48N2P2/c1-31(2,3)24-16-26(33-18-21-13-22(19-33)15-23(14-21)28(33)20-37)27(17-25(24)32(4,5)6)34(38,29-9-7-11-35-29)30-10-8-12-36-30/h7-12,16-17,21-23,28,35-36H,13-15,18-20,37-38H2,1-6H3. The first-order chi connectivity index (χ1) is 17.9. The fourth-order valence-corrected chi connectivity index (χ4v) is 10.6. The second-order valence-corrected chi connectivity index (χ2v) is 16.4. The summed E-state index contributed by atoms with van der Waals surface area (Å²) in [5.74, 6) is 3.41. The minimum atomic E-state index is -0.368. The number of hydrogen-bond acceptors (Lipinski definition) is 0. The maximum atomic E-state index is 3.65.